The maximum absolute atomic E-state index is 12.7. The second-order valence-electron chi connectivity index (χ2n) is 11.3. The number of imide groups is 1. The van der Waals surface area contributed by atoms with E-state index in [1.54, 1.807) is 12.1 Å². The second-order valence-corrected chi connectivity index (χ2v) is 11.3. The molecule has 1 saturated heterocycles. The Hall–Kier alpha value is -2.70. The fourth-order valence-electron chi connectivity index (χ4n) is 7.73. The quantitative estimate of drug-likeness (QED) is 0.537. The molecule has 0 aromatic heterocycles. The third kappa shape index (κ3) is 4.37. The third-order valence-corrected chi connectivity index (χ3v) is 8.94. The molecule has 0 radical (unpaired) electrons. The van der Waals surface area contributed by atoms with Crippen molar-refractivity contribution in [3.05, 3.63) is 29.8 Å². The van der Waals surface area contributed by atoms with Crippen molar-refractivity contribution in [1.82, 2.24) is 10.6 Å². The summed E-state index contributed by atoms with van der Waals surface area (Å²) in [4.78, 5) is 49.2. The molecule has 182 valence electrons. The normalized spacial score (nSPS) is 34.0. The Balaban J connectivity index is 1.13. The Morgan fingerprint density at radius 3 is 2.15 bits per heavy atom. The Morgan fingerprint density at radius 2 is 1.59 bits per heavy atom. The molecule has 1 aliphatic heterocycles. The van der Waals surface area contributed by atoms with E-state index in [-0.39, 0.29) is 35.6 Å². The molecule has 5 aliphatic rings. The standard InChI is InChI=1S/C27H35N3O4/c1-2-27(8-7-22(31)30-25(27)34)20-3-5-21(6-4-20)29-24(33)16-28-23(32)15-26-12-17-9-18(13-26)11-19(10-17)14-26/h3-6,17-19H,2,7-16H2,1H3,(H,28,32)(H,29,33)(H,30,31,34). The largest absolute Gasteiger partial charge is 0.347 e. The van der Waals surface area contributed by atoms with E-state index in [9.17, 15) is 19.2 Å². The first-order chi connectivity index (χ1) is 16.3. The van der Waals surface area contributed by atoms with Crippen LogP contribution in [-0.4, -0.2) is 30.2 Å². The lowest BCUT2D eigenvalue weighted by Crippen LogP contribution is -2.51. The zero-order valence-corrected chi connectivity index (χ0v) is 20.0. The number of hydrogen-bond acceptors (Lipinski definition) is 4. The molecular weight excluding hydrogens is 430 g/mol. The minimum Gasteiger partial charge on any atom is -0.347 e. The highest BCUT2D eigenvalue weighted by Gasteiger charge is 2.51. The predicted octanol–water partition coefficient (Wildman–Crippen LogP) is 3.43. The molecule has 5 fully saturated rings. The van der Waals surface area contributed by atoms with Gasteiger partial charge in [0.1, 0.15) is 0 Å². The molecule has 3 N–H and O–H groups in total. The van der Waals surface area contributed by atoms with Gasteiger partial charge in [-0.05, 0) is 92.2 Å². The molecular formula is C27H35N3O4. The summed E-state index contributed by atoms with van der Waals surface area (Å²) >= 11 is 0. The zero-order valence-electron chi connectivity index (χ0n) is 20.0. The molecule has 1 aromatic carbocycles. The van der Waals surface area contributed by atoms with Crippen LogP contribution in [0.25, 0.3) is 0 Å². The maximum Gasteiger partial charge on any atom is 0.243 e. The molecule has 4 bridgehead atoms. The zero-order chi connectivity index (χ0) is 23.9. The molecule has 4 aliphatic carbocycles. The number of nitrogens with one attached hydrogen (secondary N) is 3. The smallest absolute Gasteiger partial charge is 0.243 e. The summed E-state index contributed by atoms with van der Waals surface area (Å²) in [5, 5.41) is 8.11. The number of carbonyl (C=O) groups is 4. The van der Waals surface area contributed by atoms with E-state index in [2.05, 4.69) is 16.0 Å². The molecule has 6 rings (SSSR count). The Morgan fingerprint density at radius 1 is 0.971 bits per heavy atom. The Kier molecular flexibility index (Phi) is 5.98. The SMILES string of the molecule is CCC1(c2ccc(NC(=O)CNC(=O)CC34CC5CC(CC(C5)C3)C4)cc2)CCC(=O)NC1=O. The van der Waals surface area contributed by atoms with Gasteiger partial charge in [-0.15, -0.1) is 0 Å². The minimum atomic E-state index is -0.721. The number of rotatable bonds is 7. The van der Waals surface area contributed by atoms with Crippen LogP contribution in [0.2, 0.25) is 0 Å². The number of benzene rings is 1. The van der Waals surface area contributed by atoms with Crippen LogP contribution in [-0.2, 0) is 24.6 Å². The van der Waals surface area contributed by atoms with Gasteiger partial charge in [-0.3, -0.25) is 24.5 Å². The summed E-state index contributed by atoms with van der Waals surface area (Å²) < 4.78 is 0. The molecule has 1 heterocycles. The molecule has 1 atom stereocenters. The Labute approximate surface area is 200 Å². The highest BCUT2D eigenvalue weighted by molar-refractivity contribution is 6.03. The monoisotopic (exact) mass is 465 g/mol. The third-order valence-electron chi connectivity index (χ3n) is 8.94. The van der Waals surface area contributed by atoms with Gasteiger partial charge in [-0.2, -0.15) is 0 Å². The van der Waals surface area contributed by atoms with Crippen molar-refractivity contribution >= 4 is 29.3 Å². The van der Waals surface area contributed by atoms with Crippen molar-refractivity contribution in [3.63, 3.8) is 0 Å². The minimum absolute atomic E-state index is 0.0183. The van der Waals surface area contributed by atoms with Crippen molar-refractivity contribution in [3.8, 4) is 0 Å². The van der Waals surface area contributed by atoms with Gasteiger partial charge in [0.15, 0.2) is 0 Å². The molecule has 7 heteroatoms. The van der Waals surface area contributed by atoms with Crippen LogP contribution in [0, 0.1) is 23.2 Å². The lowest BCUT2D eigenvalue weighted by Gasteiger charge is -2.56. The Bertz CT molecular complexity index is 966. The highest BCUT2D eigenvalue weighted by atomic mass is 16.2. The van der Waals surface area contributed by atoms with Gasteiger partial charge in [-0.1, -0.05) is 19.1 Å². The van der Waals surface area contributed by atoms with Gasteiger partial charge < -0.3 is 10.6 Å². The van der Waals surface area contributed by atoms with Gasteiger partial charge in [0, 0.05) is 18.5 Å². The van der Waals surface area contributed by atoms with Gasteiger partial charge in [0.25, 0.3) is 0 Å². The summed E-state index contributed by atoms with van der Waals surface area (Å²) in [6.07, 6.45) is 9.52. The van der Waals surface area contributed by atoms with E-state index < -0.39 is 5.41 Å². The number of piperidine rings is 1. The van der Waals surface area contributed by atoms with E-state index in [1.807, 2.05) is 19.1 Å². The number of carbonyl (C=O) groups excluding carboxylic acids is 4. The van der Waals surface area contributed by atoms with Crippen molar-refractivity contribution in [2.45, 2.75) is 76.5 Å². The molecule has 7 nitrogen and oxygen atoms in total. The predicted molar refractivity (Wildman–Crippen MR) is 128 cm³/mol. The topological polar surface area (TPSA) is 104 Å². The first kappa shape index (κ1) is 23.1. The van der Waals surface area contributed by atoms with Gasteiger partial charge >= 0.3 is 0 Å². The van der Waals surface area contributed by atoms with E-state index in [4.69, 9.17) is 0 Å². The van der Waals surface area contributed by atoms with Crippen LogP contribution in [0.4, 0.5) is 5.69 Å². The van der Waals surface area contributed by atoms with Crippen LogP contribution in [0.15, 0.2) is 24.3 Å². The van der Waals surface area contributed by atoms with Crippen LogP contribution in [0.5, 0.6) is 0 Å². The van der Waals surface area contributed by atoms with Crippen molar-refractivity contribution < 1.29 is 19.2 Å². The summed E-state index contributed by atoms with van der Waals surface area (Å²) in [5.41, 5.74) is 0.891. The number of hydrogen-bond donors (Lipinski definition) is 3. The molecule has 4 amide bonds. The highest BCUT2D eigenvalue weighted by Crippen LogP contribution is 2.61. The summed E-state index contributed by atoms with van der Waals surface area (Å²) in [7, 11) is 0. The van der Waals surface area contributed by atoms with Crippen LogP contribution in [0.3, 0.4) is 0 Å². The van der Waals surface area contributed by atoms with Crippen molar-refractivity contribution in [1.29, 1.82) is 0 Å². The summed E-state index contributed by atoms with van der Waals surface area (Å²) in [6.45, 7) is 1.90. The first-order valence-electron chi connectivity index (χ1n) is 12.8. The fourth-order valence-corrected chi connectivity index (χ4v) is 7.73. The van der Waals surface area contributed by atoms with Crippen LogP contribution >= 0.6 is 0 Å². The average Bonchev–Trinajstić information content (AvgIpc) is 2.78. The summed E-state index contributed by atoms with van der Waals surface area (Å²) in [6, 6.07) is 7.21. The molecule has 1 aromatic rings. The van der Waals surface area contributed by atoms with E-state index in [0.717, 1.165) is 23.3 Å². The molecule has 4 saturated carbocycles. The van der Waals surface area contributed by atoms with Gasteiger partial charge in [-0.25, -0.2) is 0 Å². The average molecular weight is 466 g/mol. The second kappa shape index (κ2) is 8.82. The molecule has 1 unspecified atom stereocenters. The fraction of sp³-hybridized carbons (Fsp3) is 0.630. The first-order valence-corrected chi connectivity index (χ1v) is 12.8. The van der Waals surface area contributed by atoms with Crippen molar-refractivity contribution in [2.75, 3.05) is 11.9 Å². The van der Waals surface area contributed by atoms with E-state index >= 15 is 0 Å². The van der Waals surface area contributed by atoms with Gasteiger partial charge in [0.2, 0.25) is 23.6 Å². The van der Waals surface area contributed by atoms with Crippen LogP contribution in [0.1, 0.15) is 76.7 Å². The maximum atomic E-state index is 12.7. The number of amides is 4. The van der Waals surface area contributed by atoms with Gasteiger partial charge in [0.05, 0.1) is 12.0 Å². The summed E-state index contributed by atoms with van der Waals surface area (Å²) in [5.74, 6) is 1.63. The van der Waals surface area contributed by atoms with E-state index in [0.29, 0.717) is 31.4 Å². The lowest BCUT2D eigenvalue weighted by atomic mass is 9.49. The van der Waals surface area contributed by atoms with E-state index in [1.165, 1.54) is 38.5 Å². The molecule has 34 heavy (non-hydrogen) atoms. The lowest BCUT2D eigenvalue weighted by molar-refractivity contribution is -0.138. The van der Waals surface area contributed by atoms with Crippen molar-refractivity contribution in [2.24, 2.45) is 23.2 Å². The van der Waals surface area contributed by atoms with Crippen LogP contribution < -0.4 is 16.0 Å². The molecule has 0 spiro atoms. The number of anilines is 1.